The topological polar surface area (TPSA) is 60.6 Å². The number of aryl methyl sites for hydroxylation is 1. The highest BCUT2D eigenvalue weighted by Crippen LogP contribution is 2.48. The summed E-state index contributed by atoms with van der Waals surface area (Å²) in [5.74, 6) is 0.325. The molecule has 2 aliphatic heterocycles. The van der Waals surface area contributed by atoms with Gasteiger partial charge in [0.25, 0.3) is 10.1 Å². The normalized spacial score (nSPS) is 20.6. The summed E-state index contributed by atoms with van der Waals surface area (Å²) in [5.41, 5.74) is 7.80. The van der Waals surface area contributed by atoms with Gasteiger partial charge in [-0.25, -0.2) is 0 Å². The fraction of sp³-hybridized carbons (Fsp3) is 0.414. The highest BCUT2D eigenvalue weighted by molar-refractivity contribution is 7.85. The lowest BCUT2D eigenvalue weighted by atomic mass is 9.80. The largest absolute Gasteiger partial charge is 0.347 e. The Morgan fingerprint density at radius 3 is 2.40 bits per heavy atom. The van der Waals surface area contributed by atoms with Gasteiger partial charge in [0.05, 0.1) is 10.3 Å². The SMILES string of the molecule is Cc1ccc2c(c1)C(C)(C)C(C=CC(C)CC=C1N(C)c3ccc(S(=O)(=O)O)cc3C1(C)C)=[N+]2C. The predicted molar refractivity (Wildman–Crippen MR) is 144 cm³/mol. The van der Waals surface area contributed by atoms with Crippen molar-refractivity contribution in [1.82, 2.24) is 0 Å². The van der Waals surface area contributed by atoms with Gasteiger partial charge in [-0.15, -0.1) is 0 Å². The van der Waals surface area contributed by atoms with E-state index in [-0.39, 0.29) is 15.7 Å². The Labute approximate surface area is 210 Å². The molecule has 6 heteroatoms. The third-order valence-corrected chi connectivity index (χ3v) is 8.61. The van der Waals surface area contributed by atoms with E-state index < -0.39 is 10.1 Å². The number of hydrogen-bond donors (Lipinski definition) is 1. The lowest BCUT2D eigenvalue weighted by Gasteiger charge is -2.24. The van der Waals surface area contributed by atoms with Crippen LogP contribution >= 0.6 is 0 Å². The molecule has 2 heterocycles. The van der Waals surface area contributed by atoms with E-state index in [4.69, 9.17) is 0 Å². The van der Waals surface area contributed by atoms with E-state index in [1.54, 1.807) is 12.1 Å². The average molecular weight is 494 g/mol. The lowest BCUT2D eigenvalue weighted by Crippen LogP contribution is -2.26. The molecule has 2 aromatic carbocycles. The zero-order valence-electron chi connectivity index (χ0n) is 22.0. The van der Waals surface area contributed by atoms with Crippen molar-refractivity contribution in [2.75, 3.05) is 19.0 Å². The molecule has 186 valence electrons. The van der Waals surface area contributed by atoms with Gasteiger partial charge in [0.1, 0.15) is 7.05 Å². The molecular formula is C29H37N2O3S+. The third-order valence-electron chi connectivity index (χ3n) is 7.76. The van der Waals surface area contributed by atoms with E-state index in [1.165, 1.54) is 28.6 Å². The standard InChI is InChI=1S/C29H36N2O3S/c1-19(10-15-26-28(3,4)22-17-20(2)9-13-24(22)30(26)7)11-16-27-29(5,6)23-18-21(35(32,33)34)12-14-25(23)31(27)8/h9-10,12-19H,11H2,1-8H3/p+1. The monoisotopic (exact) mass is 493 g/mol. The maximum atomic E-state index is 11.7. The number of fused-ring (bicyclic) bond motifs is 2. The molecule has 0 saturated heterocycles. The van der Waals surface area contributed by atoms with Gasteiger partial charge in [0.2, 0.25) is 5.69 Å². The summed E-state index contributed by atoms with van der Waals surface area (Å²) >= 11 is 0. The zero-order valence-corrected chi connectivity index (χ0v) is 22.9. The highest BCUT2D eigenvalue weighted by Gasteiger charge is 2.43. The second-order valence-electron chi connectivity index (χ2n) is 11.1. The van der Waals surface area contributed by atoms with Crippen molar-refractivity contribution in [2.24, 2.45) is 5.92 Å². The van der Waals surface area contributed by atoms with Gasteiger partial charge in [-0.05, 0) is 62.9 Å². The van der Waals surface area contributed by atoms with Crippen molar-refractivity contribution >= 4 is 27.2 Å². The third kappa shape index (κ3) is 4.27. The Kier molecular flexibility index (Phi) is 6.13. The van der Waals surface area contributed by atoms with Crippen LogP contribution in [0.2, 0.25) is 0 Å². The molecular weight excluding hydrogens is 456 g/mol. The maximum Gasteiger partial charge on any atom is 0.294 e. The Bertz CT molecular complexity index is 1400. The molecule has 0 radical (unpaired) electrons. The molecule has 0 spiro atoms. The molecule has 1 N–H and O–H groups in total. The van der Waals surface area contributed by atoms with Gasteiger partial charge in [0.15, 0.2) is 5.71 Å². The summed E-state index contributed by atoms with van der Waals surface area (Å²) in [6.07, 6.45) is 7.68. The molecule has 0 fully saturated rings. The Morgan fingerprint density at radius 2 is 1.74 bits per heavy atom. The van der Waals surface area contributed by atoms with E-state index in [2.05, 4.69) is 94.5 Å². The Hall–Kier alpha value is -2.70. The van der Waals surface area contributed by atoms with Crippen molar-refractivity contribution in [1.29, 1.82) is 0 Å². The minimum Gasteiger partial charge on any atom is -0.347 e. The first-order valence-corrected chi connectivity index (χ1v) is 13.6. The number of hydrogen-bond acceptors (Lipinski definition) is 3. The zero-order chi connectivity index (χ0) is 25.9. The van der Waals surface area contributed by atoms with Crippen LogP contribution in [0.1, 0.15) is 57.7 Å². The van der Waals surface area contributed by atoms with Gasteiger partial charge in [0, 0.05) is 41.6 Å². The quantitative estimate of drug-likeness (QED) is 0.401. The first-order valence-electron chi connectivity index (χ1n) is 12.1. The summed E-state index contributed by atoms with van der Waals surface area (Å²) in [6, 6.07) is 11.5. The molecule has 0 aliphatic carbocycles. The van der Waals surface area contributed by atoms with Gasteiger partial charge in [-0.3, -0.25) is 4.55 Å². The molecule has 0 amide bonds. The van der Waals surface area contributed by atoms with Crippen LogP contribution in [0, 0.1) is 12.8 Å². The van der Waals surface area contributed by atoms with Crippen LogP contribution in [0.4, 0.5) is 11.4 Å². The summed E-state index contributed by atoms with van der Waals surface area (Å²) in [7, 11) is -0.0864. The van der Waals surface area contributed by atoms with Crippen LogP contribution in [0.3, 0.4) is 0 Å². The number of rotatable bonds is 5. The molecule has 5 nitrogen and oxygen atoms in total. The fourth-order valence-electron chi connectivity index (χ4n) is 5.63. The molecule has 1 unspecified atom stereocenters. The number of nitrogens with zero attached hydrogens (tertiary/aromatic N) is 2. The fourth-order valence-corrected chi connectivity index (χ4v) is 6.14. The smallest absolute Gasteiger partial charge is 0.294 e. The van der Waals surface area contributed by atoms with E-state index in [9.17, 15) is 13.0 Å². The van der Waals surface area contributed by atoms with E-state index >= 15 is 0 Å². The van der Waals surface area contributed by atoms with Crippen molar-refractivity contribution < 1.29 is 17.5 Å². The van der Waals surface area contributed by atoms with Crippen LogP contribution in [0.5, 0.6) is 0 Å². The molecule has 0 aromatic heterocycles. The number of benzene rings is 2. The van der Waals surface area contributed by atoms with E-state index in [0.29, 0.717) is 5.92 Å². The predicted octanol–water partition coefficient (Wildman–Crippen LogP) is 6.14. The van der Waals surface area contributed by atoms with Crippen LogP contribution in [0.15, 0.2) is 65.2 Å². The minimum atomic E-state index is -4.24. The van der Waals surface area contributed by atoms with Gasteiger partial charge in [-0.1, -0.05) is 44.6 Å². The van der Waals surface area contributed by atoms with Crippen molar-refractivity contribution in [3.05, 3.63) is 77.0 Å². The van der Waals surface area contributed by atoms with Crippen molar-refractivity contribution in [3.63, 3.8) is 0 Å². The second-order valence-corrected chi connectivity index (χ2v) is 12.5. The van der Waals surface area contributed by atoms with Gasteiger partial charge >= 0.3 is 0 Å². The first kappa shape index (κ1) is 25.4. The van der Waals surface area contributed by atoms with Crippen LogP contribution in [0.25, 0.3) is 0 Å². The average Bonchev–Trinajstić information content (AvgIpc) is 3.07. The van der Waals surface area contributed by atoms with Gasteiger partial charge < -0.3 is 4.90 Å². The minimum absolute atomic E-state index is 0.0508. The molecule has 2 aromatic rings. The molecule has 0 saturated carbocycles. The van der Waals surface area contributed by atoms with Gasteiger partial charge in [-0.2, -0.15) is 13.0 Å². The number of anilines is 1. The van der Waals surface area contributed by atoms with Crippen LogP contribution in [-0.4, -0.2) is 37.4 Å². The molecule has 2 aliphatic rings. The molecule has 35 heavy (non-hydrogen) atoms. The second kappa shape index (κ2) is 8.45. The number of allylic oxidation sites excluding steroid dienone is 4. The number of likely N-dealkylation sites (N-methyl/N-ethyl adjacent to an activating group) is 1. The van der Waals surface area contributed by atoms with E-state index in [0.717, 1.165) is 23.4 Å². The first-order chi connectivity index (χ1) is 16.2. The Morgan fingerprint density at radius 1 is 1.06 bits per heavy atom. The lowest BCUT2D eigenvalue weighted by molar-refractivity contribution is -0.401. The Balaban J connectivity index is 1.56. The summed E-state index contributed by atoms with van der Waals surface area (Å²) in [6.45, 7) is 13.1. The summed E-state index contributed by atoms with van der Waals surface area (Å²) < 4.78 is 35.2. The molecule has 4 rings (SSSR count). The maximum absolute atomic E-state index is 11.7. The molecule has 1 atom stereocenters. The van der Waals surface area contributed by atoms with Crippen LogP contribution in [-0.2, 0) is 20.9 Å². The van der Waals surface area contributed by atoms with E-state index in [1.807, 2.05) is 7.05 Å². The van der Waals surface area contributed by atoms with Crippen molar-refractivity contribution in [3.8, 4) is 0 Å². The highest BCUT2D eigenvalue weighted by atomic mass is 32.2. The molecule has 0 bridgehead atoms. The summed E-state index contributed by atoms with van der Waals surface area (Å²) in [5, 5.41) is 0. The van der Waals surface area contributed by atoms with Crippen LogP contribution < -0.4 is 4.90 Å². The summed E-state index contributed by atoms with van der Waals surface area (Å²) in [4.78, 5) is 2.06. The van der Waals surface area contributed by atoms with Crippen molar-refractivity contribution in [2.45, 2.75) is 63.7 Å².